The monoisotopic (exact) mass is 421 g/mol. The van der Waals surface area contributed by atoms with Crippen LogP contribution in [0.2, 0.25) is 5.02 Å². The Kier molecular flexibility index (Phi) is 4.06. The van der Waals surface area contributed by atoms with Gasteiger partial charge in [-0.15, -0.1) is 0 Å². The number of carbonyl (C=O) groups excluding carboxylic acids is 1. The highest BCUT2D eigenvalue weighted by molar-refractivity contribution is 6.37. The molecule has 0 aliphatic heterocycles. The number of ether oxygens (including phenoxy) is 1. The van der Waals surface area contributed by atoms with Gasteiger partial charge in [0.25, 0.3) is 0 Å². The lowest BCUT2D eigenvalue weighted by Gasteiger charge is -2.40. The predicted octanol–water partition coefficient (Wildman–Crippen LogP) is 4.89. The van der Waals surface area contributed by atoms with E-state index in [2.05, 4.69) is 24.9 Å². The highest BCUT2D eigenvalue weighted by Crippen LogP contribution is 2.45. The number of aromatic amines is 2. The van der Waals surface area contributed by atoms with Crippen LogP contribution in [-0.4, -0.2) is 30.9 Å². The lowest BCUT2D eigenvalue weighted by atomic mass is 9.65. The largest absolute Gasteiger partial charge is 0.408 e. The standard InChI is InChI=1S/C22H20ClN5O2/c23-17-16-10-26-19(15-9-25-18-13(15)2-1-7-24-18)27-20(16)28-21(17)30-22(29)14-8-11-3-5-12(14)6-4-11/h1-2,7,9-12,14H,3-6,8H2,(H,24,25)(H,26,27,28)/t11?,12?,14-/m1/s1. The van der Waals surface area contributed by atoms with Crippen molar-refractivity contribution in [2.75, 3.05) is 0 Å². The minimum absolute atomic E-state index is 0.0275. The molecule has 0 saturated heterocycles. The first-order valence-electron chi connectivity index (χ1n) is 10.4. The summed E-state index contributed by atoms with van der Waals surface area (Å²) in [6, 6.07) is 3.84. The number of H-pyrrole nitrogens is 2. The summed E-state index contributed by atoms with van der Waals surface area (Å²) in [4.78, 5) is 32.4. The molecule has 3 fully saturated rings. The van der Waals surface area contributed by atoms with Crippen LogP contribution in [0.1, 0.15) is 32.1 Å². The Hall–Kier alpha value is -2.93. The second-order valence-corrected chi connectivity index (χ2v) is 8.75. The normalized spacial score (nSPS) is 23.3. The fourth-order valence-corrected chi connectivity index (χ4v) is 5.33. The van der Waals surface area contributed by atoms with Crippen molar-refractivity contribution in [1.29, 1.82) is 0 Å². The molecular formula is C22H20ClN5O2. The Labute approximate surface area is 177 Å². The maximum absolute atomic E-state index is 12.8. The molecule has 2 N–H and O–H groups in total. The lowest BCUT2D eigenvalue weighted by molar-refractivity contribution is -0.144. The van der Waals surface area contributed by atoms with Gasteiger partial charge in [0.15, 0.2) is 5.82 Å². The van der Waals surface area contributed by atoms with Crippen LogP contribution in [0.4, 0.5) is 0 Å². The van der Waals surface area contributed by atoms with Crippen LogP contribution in [0.25, 0.3) is 33.5 Å². The number of carbonyl (C=O) groups is 1. The van der Waals surface area contributed by atoms with Gasteiger partial charge in [-0.3, -0.25) is 4.79 Å². The number of nitrogens with zero attached hydrogens (tertiary/aromatic N) is 3. The molecule has 7 rings (SSSR count). The zero-order valence-corrected chi connectivity index (χ0v) is 16.9. The van der Waals surface area contributed by atoms with Gasteiger partial charge in [0.1, 0.15) is 16.3 Å². The average Bonchev–Trinajstić information content (AvgIpc) is 3.35. The zero-order chi connectivity index (χ0) is 20.2. The number of pyridine rings is 1. The smallest absolute Gasteiger partial charge is 0.315 e. The van der Waals surface area contributed by atoms with Crippen molar-refractivity contribution < 1.29 is 9.53 Å². The van der Waals surface area contributed by atoms with E-state index in [-0.39, 0.29) is 17.8 Å². The maximum Gasteiger partial charge on any atom is 0.315 e. The molecule has 3 saturated carbocycles. The first-order valence-corrected chi connectivity index (χ1v) is 10.7. The van der Waals surface area contributed by atoms with Gasteiger partial charge in [0, 0.05) is 29.5 Å². The van der Waals surface area contributed by atoms with Crippen molar-refractivity contribution in [3.05, 3.63) is 35.7 Å². The molecule has 152 valence electrons. The fraction of sp³-hybridized carbons (Fsp3) is 0.364. The first kappa shape index (κ1) is 17.9. The first-order chi connectivity index (χ1) is 14.7. The molecule has 3 aliphatic rings. The number of hydrogen-bond acceptors (Lipinski definition) is 5. The second kappa shape index (κ2) is 6.80. The van der Waals surface area contributed by atoms with Gasteiger partial charge >= 0.3 is 5.97 Å². The molecule has 4 heterocycles. The number of halogens is 1. The summed E-state index contributed by atoms with van der Waals surface area (Å²) in [6.45, 7) is 0. The number of fused-ring (bicyclic) bond motifs is 5. The van der Waals surface area contributed by atoms with E-state index in [1.165, 1.54) is 12.8 Å². The Bertz CT molecular complexity index is 1270. The summed E-state index contributed by atoms with van der Waals surface area (Å²) in [6.07, 6.45) is 10.9. The zero-order valence-electron chi connectivity index (χ0n) is 16.2. The minimum Gasteiger partial charge on any atom is -0.408 e. The van der Waals surface area contributed by atoms with E-state index < -0.39 is 0 Å². The summed E-state index contributed by atoms with van der Waals surface area (Å²) < 4.78 is 5.71. The maximum atomic E-state index is 12.8. The molecule has 7 nitrogen and oxygen atoms in total. The van der Waals surface area contributed by atoms with E-state index in [0.717, 1.165) is 35.9 Å². The Morgan fingerprint density at radius 1 is 1.13 bits per heavy atom. The molecule has 0 aromatic carbocycles. The van der Waals surface area contributed by atoms with E-state index in [1.807, 2.05) is 18.3 Å². The van der Waals surface area contributed by atoms with Gasteiger partial charge in [-0.1, -0.05) is 24.4 Å². The minimum atomic E-state index is -0.186. The van der Waals surface area contributed by atoms with Crippen molar-refractivity contribution in [1.82, 2.24) is 24.9 Å². The van der Waals surface area contributed by atoms with Gasteiger partial charge in [-0.2, -0.15) is 0 Å². The molecule has 4 aromatic rings. The highest BCUT2D eigenvalue weighted by Gasteiger charge is 2.40. The van der Waals surface area contributed by atoms with Crippen LogP contribution in [-0.2, 0) is 4.79 Å². The number of rotatable bonds is 3. The Morgan fingerprint density at radius 2 is 2.00 bits per heavy atom. The van der Waals surface area contributed by atoms with Gasteiger partial charge < -0.3 is 14.7 Å². The summed E-state index contributed by atoms with van der Waals surface area (Å²) in [5.41, 5.74) is 2.16. The van der Waals surface area contributed by atoms with Crippen LogP contribution in [0.15, 0.2) is 30.7 Å². The molecule has 8 heteroatoms. The van der Waals surface area contributed by atoms with Crippen molar-refractivity contribution in [3.63, 3.8) is 0 Å². The third-order valence-corrected chi connectivity index (χ3v) is 7.08. The molecule has 1 atom stereocenters. The van der Waals surface area contributed by atoms with E-state index in [1.54, 1.807) is 12.4 Å². The molecule has 0 spiro atoms. The van der Waals surface area contributed by atoms with Crippen LogP contribution in [0.3, 0.4) is 0 Å². The third kappa shape index (κ3) is 2.80. The summed E-state index contributed by atoms with van der Waals surface area (Å²) >= 11 is 6.49. The van der Waals surface area contributed by atoms with Gasteiger partial charge in [0.05, 0.1) is 11.3 Å². The molecule has 0 unspecified atom stereocenters. The van der Waals surface area contributed by atoms with E-state index >= 15 is 0 Å². The van der Waals surface area contributed by atoms with Gasteiger partial charge in [0.2, 0.25) is 5.88 Å². The van der Waals surface area contributed by atoms with Crippen molar-refractivity contribution in [3.8, 4) is 17.3 Å². The predicted molar refractivity (Wildman–Crippen MR) is 113 cm³/mol. The second-order valence-electron chi connectivity index (χ2n) is 8.37. The average molecular weight is 422 g/mol. The van der Waals surface area contributed by atoms with Crippen molar-refractivity contribution in [2.24, 2.45) is 17.8 Å². The van der Waals surface area contributed by atoms with Gasteiger partial charge in [-0.05, 0) is 43.2 Å². The number of esters is 1. The van der Waals surface area contributed by atoms with Crippen LogP contribution in [0, 0.1) is 17.8 Å². The summed E-state index contributed by atoms with van der Waals surface area (Å²) in [5.74, 6) is 1.68. The van der Waals surface area contributed by atoms with Crippen LogP contribution in [0.5, 0.6) is 5.88 Å². The molecule has 3 aliphatic carbocycles. The topological polar surface area (TPSA) is 96.6 Å². The van der Waals surface area contributed by atoms with Crippen molar-refractivity contribution in [2.45, 2.75) is 32.1 Å². The fourth-order valence-electron chi connectivity index (χ4n) is 5.11. The summed E-state index contributed by atoms with van der Waals surface area (Å²) in [7, 11) is 0. The quantitative estimate of drug-likeness (QED) is 0.459. The van der Waals surface area contributed by atoms with Crippen LogP contribution >= 0.6 is 11.6 Å². The van der Waals surface area contributed by atoms with Crippen molar-refractivity contribution >= 4 is 39.6 Å². The highest BCUT2D eigenvalue weighted by atomic mass is 35.5. The van der Waals surface area contributed by atoms with E-state index in [9.17, 15) is 4.79 Å². The number of aromatic nitrogens is 5. The number of nitrogens with one attached hydrogen (secondary N) is 2. The Balaban J connectivity index is 1.32. The van der Waals surface area contributed by atoms with E-state index in [4.69, 9.17) is 16.3 Å². The SMILES string of the molecule is O=C(Oc1[nH]c2nc(-c3c[nH]c4ncccc34)ncc2c1Cl)[C@@H]1CC2CCC1CC2. The Morgan fingerprint density at radius 3 is 2.80 bits per heavy atom. The summed E-state index contributed by atoms with van der Waals surface area (Å²) in [5, 5.41) is 1.91. The van der Waals surface area contributed by atoms with Crippen LogP contribution < -0.4 is 4.74 Å². The third-order valence-electron chi connectivity index (χ3n) is 6.70. The lowest BCUT2D eigenvalue weighted by Crippen LogP contribution is -2.38. The molecule has 0 radical (unpaired) electrons. The van der Waals surface area contributed by atoms with Gasteiger partial charge in [-0.25, -0.2) is 15.0 Å². The molecule has 0 amide bonds. The molecular weight excluding hydrogens is 402 g/mol. The molecule has 2 bridgehead atoms. The molecule has 30 heavy (non-hydrogen) atoms. The molecule has 4 aromatic heterocycles. The van der Waals surface area contributed by atoms with E-state index in [0.29, 0.717) is 33.7 Å². The number of hydrogen-bond donors (Lipinski definition) is 2.